The van der Waals surface area contributed by atoms with E-state index in [0.717, 1.165) is 61.5 Å². The predicted octanol–water partition coefficient (Wildman–Crippen LogP) is 4.90. The number of nitrogens with zero attached hydrogens (tertiary/aromatic N) is 4. The Morgan fingerprint density at radius 2 is 1.33 bits per heavy atom. The Bertz CT molecular complexity index is 1290. The maximum absolute atomic E-state index is 13.7. The van der Waals surface area contributed by atoms with Crippen LogP contribution >= 0.6 is 0 Å². The number of carbonyl (C=O) groups is 3. The summed E-state index contributed by atoms with van der Waals surface area (Å²) in [5.74, 6) is -0.0799. The molecule has 2 amide bonds. The van der Waals surface area contributed by atoms with Gasteiger partial charge in [0, 0.05) is 74.8 Å². The van der Waals surface area contributed by atoms with E-state index >= 15 is 0 Å². The second kappa shape index (κ2) is 14.2. The van der Waals surface area contributed by atoms with Gasteiger partial charge < -0.3 is 14.5 Å². The van der Waals surface area contributed by atoms with Crippen LogP contribution in [0.2, 0.25) is 0 Å². The number of piperazine rings is 1. The number of hydrogen-bond donors (Lipinski definition) is 0. The Morgan fingerprint density at radius 1 is 0.762 bits per heavy atom. The van der Waals surface area contributed by atoms with Crippen molar-refractivity contribution in [1.82, 2.24) is 19.7 Å². The molecule has 2 aromatic carbocycles. The number of carbonyl (C=O) groups excluding carboxylic acids is 3. The molecule has 0 atom stereocenters. The fourth-order valence-electron chi connectivity index (χ4n) is 5.90. The summed E-state index contributed by atoms with van der Waals surface area (Å²) in [5, 5.41) is 0. The minimum absolute atomic E-state index is 0.0367. The number of piperidine rings is 1. The maximum Gasteiger partial charge on any atom is 0.305 e. The van der Waals surface area contributed by atoms with Crippen molar-refractivity contribution in [3.8, 4) is 22.5 Å². The van der Waals surface area contributed by atoms with Gasteiger partial charge in [-0.2, -0.15) is 0 Å². The number of pyridine rings is 1. The standard InChI is InChI=1S/C34H40N4O4/c1-2-42-33(40)15-9-14-32(39)37-18-16-29(17-19-37)36-20-22-38(23-21-36)34(41)28-24-30(26-10-5-3-6-11-26)35-31(25-28)27-12-7-4-8-13-27/h3-8,10-13,24-25,29H,2,9,14-23H2,1H3. The van der Waals surface area contributed by atoms with E-state index in [4.69, 9.17) is 9.72 Å². The highest BCUT2D eigenvalue weighted by Crippen LogP contribution is 2.26. The van der Waals surface area contributed by atoms with Crippen LogP contribution in [0.15, 0.2) is 72.8 Å². The minimum atomic E-state index is -0.237. The summed E-state index contributed by atoms with van der Waals surface area (Å²) in [7, 11) is 0. The Balaban J connectivity index is 1.16. The van der Waals surface area contributed by atoms with Gasteiger partial charge in [0.2, 0.25) is 5.91 Å². The van der Waals surface area contributed by atoms with Crippen LogP contribution in [0.5, 0.6) is 0 Å². The molecule has 5 rings (SSSR count). The molecule has 1 aromatic heterocycles. The van der Waals surface area contributed by atoms with Crippen LogP contribution in [-0.2, 0) is 14.3 Å². The summed E-state index contributed by atoms with van der Waals surface area (Å²) in [6, 6.07) is 24.2. The van der Waals surface area contributed by atoms with Crippen molar-refractivity contribution in [3.63, 3.8) is 0 Å². The lowest BCUT2D eigenvalue weighted by Gasteiger charge is -2.42. The molecule has 8 heteroatoms. The molecule has 3 aromatic rings. The van der Waals surface area contributed by atoms with Gasteiger partial charge in [-0.25, -0.2) is 4.98 Å². The van der Waals surface area contributed by atoms with E-state index in [1.807, 2.05) is 82.6 Å². The molecule has 2 aliphatic heterocycles. The van der Waals surface area contributed by atoms with Crippen LogP contribution in [0, 0.1) is 0 Å². The summed E-state index contributed by atoms with van der Waals surface area (Å²) in [5.41, 5.74) is 4.21. The number of benzene rings is 2. The number of aromatic nitrogens is 1. The highest BCUT2D eigenvalue weighted by atomic mass is 16.5. The number of esters is 1. The van der Waals surface area contributed by atoms with Gasteiger partial charge in [-0.1, -0.05) is 60.7 Å². The molecule has 0 N–H and O–H groups in total. The van der Waals surface area contributed by atoms with Crippen molar-refractivity contribution in [1.29, 1.82) is 0 Å². The van der Waals surface area contributed by atoms with E-state index < -0.39 is 0 Å². The van der Waals surface area contributed by atoms with Crippen molar-refractivity contribution in [3.05, 3.63) is 78.4 Å². The highest BCUT2D eigenvalue weighted by Gasteiger charge is 2.30. The fourth-order valence-corrected chi connectivity index (χ4v) is 5.90. The van der Waals surface area contributed by atoms with Crippen molar-refractivity contribution >= 4 is 17.8 Å². The second-order valence-corrected chi connectivity index (χ2v) is 11.0. The van der Waals surface area contributed by atoms with E-state index in [-0.39, 0.29) is 17.8 Å². The third-order valence-electron chi connectivity index (χ3n) is 8.22. The number of ether oxygens (including phenoxy) is 1. The molecule has 0 radical (unpaired) electrons. The topological polar surface area (TPSA) is 83.1 Å². The largest absolute Gasteiger partial charge is 0.466 e. The van der Waals surface area contributed by atoms with Crippen molar-refractivity contribution in [2.45, 2.75) is 45.1 Å². The monoisotopic (exact) mass is 568 g/mol. The number of amides is 2. The molecular weight excluding hydrogens is 528 g/mol. The lowest BCUT2D eigenvalue weighted by molar-refractivity contribution is -0.143. The third-order valence-corrected chi connectivity index (χ3v) is 8.22. The summed E-state index contributed by atoms with van der Waals surface area (Å²) in [6.45, 7) is 6.64. The summed E-state index contributed by atoms with van der Waals surface area (Å²) < 4.78 is 4.95. The molecule has 220 valence electrons. The molecule has 8 nitrogen and oxygen atoms in total. The van der Waals surface area contributed by atoms with Gasteiger partial charge >= 0.3 is 5.97 Å². The zero-order valence-corrected chi connectivity index (χ0v) is 24.4. The molecule has 2 aliphatic rings. The van der Waals surface area contributed by atoms with E-state index in [1.54, 1.807) is 6.92 Å². The van der Waals surface area contributed by atoms with Crippen LogP contribution in [0.1, 0.15) is 49.4 Å². The second-order valence-electron chi connectivity index (χ2n) is 11.0. The van der Waals surface area contributed by atoms with Crippen molar-refractivity contribution < 1.29 is 19.1 Å². The Kier molecular flexibility index (Phi) is 9.98. The van der Waals surface area contributed by atoms with Crippen LogP contribution in [-0.4, -0.2) is 89.4 Å². The Hall–Kier alpha value is -4.04. The van der Waals surface area contributed by atoms with Gasteiger partial charge in [0.05, 0.1) is 18.0 Å². The predicted molar refractivity (Wildman–Crippen MR) is 163 cm³/mol. The zero-order valence-electron chi connectivity index (χ0n) is 24.4. The first-order valence-corrected chi connectivity index (χ1v) is 15.1. The van der Waals surface area contributed by atoms with Crippen molar-refractivity contribution in [2.75, 3.05) is 45.9 Å². The molecule has 0 bridgehead atoms. The SMILES string of the molecule is CCOC(=O)CCCC(=O)N1CCC(N2CCN(C(=O)c3cc(-c4ccccc4)nc(-c4ccccc4)c3)CC2)CC1. The molecule has 0 unspecified atom stereocenters. The summed E-state index contributed by atoms with van der Waals surface area (Å²) in [4.78, 5) is 49.1. The van der Waals surface area contributed by atoms with Crippen LogP contribution in [0.3, 0.4) is 0 Å². The smallest absolute Gasteiger partial charge is 0.305 e. The molecule has 2 saturated heterocycles. The van der Waals surface area contributed by atoms with Crippen LogP contribution < -0.4 is 0 Å². The lowest BCUT2D eigenvalue weighted by atomic mass is 10.0. The van der Waals surface area contributed by atoms with Gasteiger partial charge in [0.25, 0.3) is 5.91 Å². The normalized spacial score (nSPS) is 16.3. The highest BCUT2D eigenvalue weighted by molar-refractivity contribution is 5.96. The quantitative estimate of drug-likeness (QED) is 0.342. The van der Waals surface area contributed by atoms with Gasteiger partial charge in [-0.05, 0) is 38.3 Å². The fraction of sp³-hybridized carbons (Fsp3) is 0.412. The van der Waals surface area contributed by atoms with Gasteiger partial charge in [-0.3, -0.25) is 19.3 Å². The van der Waals surface area contributed by atoms with E-state index in [2.05, 4.69) is 4.90 Å². The van der Waals surface area contributed by atoms with Gasteiger partial charge in [-0.15, -0.1) is 0 Å². The number of hydrogen-bond acceptors (Lipinski definition) is 6. The molecule has 0 saturated carbocycles. The minimum Gasteiger partial charge on any atom is -0.466 e. The Morgan fingerprint density at radius 3 is 1.88 bits per heavy atom. The maximum atomic E-state index is 13.7. The van der Waals surface area contributed by atoms with E-state index in [0.29, 0.717) is 50.6 Å². The van der Waals surface area contributed by atoms with Gasteiger partial charge in [0.15, 0.2) is 0 Å². The van der Waals surface area contributed by atoms with E-state index in [1.165, 1.54) is 0 Å². The average Bonchev–Trinajstić information content (AvgIpc) is 3.05. The lowest BCUT2D eigenvalue weighted by Crippen LogP contribution is -2.54. The number of rotatable bonds is 9. The summed E-state index contributed by atoms with van der Waals surface area (Å²) >= 11 is 0. The van der Waals surface area contributed by atoms with Crippen LogP contribution in [0.25, 0.3) is 22.5 Å². The van der Waals surface area contributed by atoms with E-state index in [9.17, 15) is 14.4 Å². The molecule has 0 spiro atoms. The third kappa shape index (κ3) is 7.42. The first kappa shape index (κ1) is 29.5. The average molecular weight is 569 g/mol. The molecule has 3 heterocycles. The van der Waals surface area contributed by atoms with Crippen LogP contribution in [0.4, 0.5) is 0 Å². The van der Waals surface area contributed by atoms with Gasteiger partial charge in [0.1, 0.15) is 0 Å². The molecular formula is C34H40N4O4. The first-order chi connectivity index (χ1) is 20.5. The van der Waals surface area contributed by atoms with Crippen molar-refractivity contribution in [2.24, 2.45) is 0 Å². The molecule has 42 heavy (non-hydrogen) atoms. The molecule has 0 aliphatic carbocycles. The first-order valence-electron chi connectivity index (χ1n) is 15.1. The summed E-state index contributed by atoms with van der Waals surface area (Å²) in [6.07, 6.45) is 3.08. The Labute approximate surface area is 248 Å². The zero-order chi connectivity index (χ0) is 29.3. The molecule has 2 fully saturated rings. The number of likely N-dealkylation sites (tertiary alicyclic amines) is 1.